The Morgan fingerprint density at radius 2 is 2.00 bits per heavy atom. The van der Waals surface area contributed by atoms with E-state index in [9.17, 15) is 9.18 Å². The van der Waals surface area contributed by atoms with Crippen molar-refractivity contribution in [3.63, 3.8) is 0 Å². The van der Waals surface area contributed by atoms with Gasteiger partial charge in [-0.05, 0) is 38.0 Å². The lowest BCUT2D eigenvalue weighted by Gasteiger charge is -2.17. The monoisotopic (exact) mass is 205 g/mol. The minimum atomic E-state index is -1.02. The van der Waals surface area contributed by atoms with Crippen molar-refractivity contribution in [1.82, 2.24) is 0 Å². The van der Waals surface area contributed by atoms with E-state index in [-0.39, 0.29) is 11.6 Å². The summed E-state index contributed by atoms with van der Waals surface area (Å²) < 4.78 is 12.6. The van der Waals surface area contributed by atoms with Crippen molar-refractivity contribution in [2.24, 2.45) is 5.41 Å². The number of hydrogen-bond donors (Lipinski definition) is 0. The van der Waals surface area contributed by atoms with Gasteiger partial charge in [-0.25, -0.2) is 4.39 Å². The molecule has 0 aliphatic rings. The molecule has 1 aromatic rings. The molecular weight excluding hydrogens is 193 g/mol. The van der Waals surface area contributed by atoms with Gasteiger partial charge >= 0.3 is 0 Å². The lowest BCUT2D eigenvalue weighted by Crippen LogP contribution is -2.26. The second kappa shape index (κ2) is 4.22. The molecular formula is C12H12FNO. The fraction of sp³-hybridized carbons (Fsp3) is 0.333. The first kappa shape index (κ1) is 11.4. The van der Waals surface area contributed by atoms with E-state index in [1.165, 1.54) is 19.1 Å². The average molecular weight is 205 g/mol. The number of rotatable bonds is 3. The third kappa shape index (κ3) is 2.63. The number of nitriles is 1. The van der Waals surface area contributed by atoms with E-state index < -0.39 is 5.41 Å². The fourth-order valence-electron chi connectivity index (χ4n) is 1.25. The number of Topliss-reactive ketones (excluding diaryl/α,β-unsaturated/α-hetero) is 1. The highest BCUT2D eigenvalue weighted by atomic mass is 19.1. The fourth-order valence-corrected chi connectivity index (χ4v) is 1.25. The zero-order chi connectivity index (χ0) is 11.5. The number of benzene rings is 1. The number of nitrogens with zero attached hydrogens (tertiary/aromatic N) is 1. The van der Waals surface area contributed by atoms with Gasteiger partial charge in [-0.3, -0.25) is 4.79 Å². The molecule has 0 radical (unpaired) electrons. The van der Waals surface area contributed by atoms with Gasteiger partial charge in [0, 0.05) is 0 Å². The number of halogens is 1. The molecule has 0 fully saturated rings. The zero-order valence-corrected chi connectivity index (χ0v) is 8.75. The molecule has 15 heavy (non-hydrogen) atoms. The minimum absolute atomic E-state index is 0.172. The molecule has 1 rings (SSSR count). The predicted octanol–water partition coefficient (Wildman–Crippen LogP) is 2.49. The topological polar surface area (TPSA) is 40.9 Å². The van der Waals surface area contributed by atoms with Crippen molar-refractivity contribution in [2.45, 2.75) is 20.3 Å². The van der Waals surface area contributed by atoms with Gasteiger partial charge in [-0.15, -0.1) is 0 Å². The lowest BCUT2D eigenvalue weighted by atomic mass is 9.82. The molecule has 0 N–H and O–H groups in total. The van der Waals surface area contributed by atoms with Crippen LogP contribution in [0.25, 0.3) is 0 Å². The zero-order valence-electron chi connectivity index (χ0n) is 8.75. The third-order valence-electron chi connectivity index (χ3n) is 2.49. The lowest BCUT2D eigenvalue weighted by molar-refractivity contribution is -0.123. The van der Waals surface area contributed by atoms with E-state index in [0.717, 1.165) is 5.56 Å². The molecule has 0 amide bonds. The number of ketones is 1. The van der Waals surface area contributed by atoms with Crippen LogP contribution < -0.4 is 0 Å². The molecule has 1 aromatic carbocycles. The van der Waals surface area contributed by atoms with E-state index in [1.807, 2.05) is 6.07 Å². The van der Waals surface area contributed by atoms with E-state index >= 15 is 0 Å². The van der Waals surface area contributed by atoms with E-state index in [4.69, 9.17) is 5.26 Å². The molecule has 0 spiro atoms. The summed E-state index contributed by atoms with van der Waals surface area (Å²) in [6, 6.07) is 7.83. The first-order valence-corrected chi connectivity index (χ1v) is 4.65. The number of carbonyl (C=O) groups excluding carboxylic acids is 1. The molecule has 0 saturated heterocycles. The van der Waals surface area contributed by atoms with Crippen LogP contribution in [0.1, 0.15) is 19.4 Å². The molecule has 0 heterocycles. The normalized spacial score (nSPS) is 14.0. The van der Waals surface area contributed by atoms with Gasteiger partial charge in [0.25, 0.3) is 0 Å². The van der Waals surface area contributed by atoms with Crippen molar-refractivity contribution >= 4 is 5.78 Å². The van der Waals surface area contributed by atoms with Crippen LogP contribution in [0.4, 0.5) is 4.39 Å². The Balaban J connectivity index is 2.90. The van der Waals surface area contributed by atoms with Gasteiger partial charge in [0.1, 0.15) is 17.0 Å². The van der Waals surface area contributed by atoms with Gasteiger partial charge in [-0.1, -0.05) is 12.1 Å². The summed E-state index contributed by atoms with van der Waals surface area (Å²) in [6.45, 7) is 2.99. The maximum atomic E-state index is 12.6. The van der Waals surface area contributed by atoms with Crippen LogP contribution in [-0.4, -0.2) is 5.78 Å². The van der Waals surface area contributed by atoms with Crippen molar-refractivity contribution in [3.8, 4) is 6.07 Å². The smallest absolute Gasteiger partial charge is 0.150 e. The largest absolute Gasteiger partial charge is 0.298 e. The molecule has 0 aromatic heterocycles. The van der Waals surface area contributed by atoms with Crippen LogP contribution in [0, 0.1) is 22.6 Å². The van der Waals surface area contributed by atoms with Crippen molar-refractivity contribution in [1.29, 1.82) is 5.26 Å². The van der Waals surface area contributed by atoms with Gasteiger partial charge < -0.3 is 0 Å². The summed E-state index contributed by atoms with van der Waals surface area (Å²) in [5.41, 5.74) is -0.228. The van der Waals surface area contributed by atoms with Crippen LogP contribution in [0.15, 0.2) is 24.3 Å². The summed E-state index contributed by atoms with van der Waals surface area (Å²) in [5, 5.41) is 8.93. The number of carbonyl (C=O) groups is 1. The minimum Gasteiger partial charge on any atom is -0.298 e. The van der Waals surface area contributed by atoms with Crippen molar-refractivity contribution in [2.75, 3.05) is 0 Å². The highest BCUT2D eigenvalue weighted by Gasteiger charge is 2.29. The molecule has 0 aliphatic heterocycles. The quantitative estimate of drug-likeness (QED) is 0.760. The van der Waals surface area contributed by atoms with Gasteiger partial charge in [0.2, 0.25) is 0 Å². The third-order valence-corrected chi connectivity index (χ3v) is 2.49. The first-order valence-electron chi connectivity index (χ1n) is 4.65. The molecule has 0 saturated carbocycles. The second-order valence-corrected chi connectivity index (χ2v) is 3.80. The molecule has 0 bridgehead atoms. The highest BCUT2D eigenvalue weighted by Crippen LogP contribution is 2.22. The second-order valence-electron chi connectivity index (χ2n) is 3.80. The first-order chi connectivity index (χ1) is 6.98. The summed E-state index contributed by atoms with van der Waals surface area (Å²) in [5.74, 6) is -0.491. The molecule has 2 nitrogen and oxygen atoms in total. The Kier molecular flexibility index (Phi) is 3.21. The van der Waals surface area contributed by atoms with E-state index in [0.29, 0.717) is 6.42 Å². The van der Waals surface area contributed by atoms with Gasteiger partial charge in [0.05, 0.1) is 6.07 Å². The Morgan fingerprint density at radius 3 is 2.40 bits per heavy atom. The summed E-state index contributed by atoms with van der Waals surface area (Å²) in [7, 11) is 0. The van der Waals surface area contributed by atoms with E-state index in [2.05, 4.69) is 0 Å². The highest BCUT2D eigenvalue weighted by molar-refractivity contribution is 5.85. The molecule has 0 aliphatic carbocycles. The van der Waals surface area contributed by atoms with Gasteiger partial charge in [0.15, 0.2) is 0 Å². The molecule has 1 atom stereocenters. The summed E-state index contributed by atoms with van der Waals surface area (Å²) in [4.78, 5) is 11.3. The van der Waals surface area contributed by atoms with Crippen LogP contribution in [0.2, 0.25) is 0 Å². The van der Waals surface area contributed by atoms with Crippen LogP contribution in [0.3, 0.4) is 0 Å². The van der Waals surface area contributed by atoms with Crippen LogP contribution in [0.5, 0.6) is 0 Å². The Labute approximate surface area is 88.3 Å². The Hall–Kier alpha value is -1.69. The molecule has 1 unspecified atom stereocenters. The summed E-state index contributed by atoms with van der Waals surface area (Å²) >= 11 is 0. The summed E-state index contributed by atoms with van der Waals surface area (Å²) in [6.07, 6.45) is 0.319. The van der Waals surface area contributed by atoms with Crippen LogP contribution in [-0.2, 0) is 11.2 Å². The Morgan fingerprint density at radius 1 is 1.47 bits per heavy atom. The van der Waals surface area contributed by atoms with E-state index in [1.54, 1.807) is 19.1 Å². The van der Waals surface area contributed by atoms with Crippen molar-refractivity contribution < 1.29 is 9.18 Å². The maximum Gasteiger partial charge on any atom is 0.150 e. The van der Waals surface area contributed by atoms with Gasteiger partial charge in [-0.2, -0.15) is 5.26 Å². The molecule has 78 valence electrons. The average Bonchev–Trinajstić information content (AvgIpc) is 2.21. The predicted molar refractivity (Wildman–Crippen MR) is 54.5 cm³/mol. The van der Waals surface area contributed by atoms with Crippen LogP contribution >= 0.6 is 0 Å². The SMILES string of the molecule is CC(=O)C(C)(C#N)Cc1ccc(F)cc1. The molecule has 3 heteroatoms. The maximum absolute atomic E-state index is 12.6. The van der Waals surface area contributed by atoms with Crippen molar-refractivity contribution in [3.05, 3.63) is 35.6 Å². The Bertz CT molecular complexity index is 405. The number of hydrogen-bond acceptors (Lipinski definition) is 2. The standard InChI is InChI=1S/C12H12FNO/c1-9(15)12(2,8-14)7-10-3-5-11(13)6-4-10/h3-6H,7H2,1-2H3.